The van der Waals surface area contributed by atoms with Gasteiger partial charge in [0.25, 0.3) is 6.01 Å². The second-order valence-electron chi connectivity index (χ2n) is 7.67. The Balaban J connectivity index is 1.43. The van der Waals surface area contributed by atoms with E-state index in [2.05, 4.69) is 17.0 Å². The topological polar surface area (TPSA) is 58.7 Å². The molecule has 1 unspecified atom stereocenters. The molecule has 4 rings (SSSR count). The molecule has 2 aromatic carbocycles. The van der Waals surface area contributed by atoms with Crippen molar-refractivity contribution >= 4 is 17.1 Å². The molecule has 0 saturated carbocycles. The highest BCUT2D eigenvalue weighted by Crippen LogP contribution is 2.23. The summed E-state index contributed by atoms with van der Waals surface area (Å²) in [6, 6.07) is 16.7. The number of rotatable bonds is 9. The van der Waals surface area contributed by atoms with E-state index < -0.39 is 6.10 Å². The maximum atomic E-state index is 9.81. The number of hydrogen-bond acceptors (Lipinski definition) is 5. The van der Waals surface area contributed by atoms with E-state index in [0.717, 1.165) is 48.2 Å². The van der Waals surface area contributed by atoms with Crippen LogP contribution in [0.5, 0.6) is 5.75 Å². The summed E-state index contributed by atoms with van der Waals surface area (Å²) in [5.74, 6) is 0.884. The van der Waals surface area contributed by atoms with Gasteiger partial charge in [-0.05, 0) is 54.7 Å². The number of benzene rings is 2. The first-order valence-corrected chi connectivity index (χ1v) is 10.7. The fourth-order valence-corrected chi connectivity index (χ4v) is 3.62. The Bertz CT molecular complexity index is 1050. The summed E-state index contributed by atoms with van der Waals surface area (Å²) in [6.07, 6.45) is 12.0. The number of nitrogens with zero attached hydrogens (tertiary/aromatic N) is 2. The normalized spacial score (nSPS) is 15.7. The molecule has 0 radical (unpaired) electrons. The van der Waals surface area contributed by atoms with Crippen molar-refractivity contribution in [2.24, 2.45) is 0 Å². The van der Waals surface area contributed by atoms with E-state index >= 15 is 0 Å². The lowest BCUT2D eigenvalue weighted by Gasteiger charge is -2.21. The molecule has 31 heavy (non-hydrogen) atoms. The van der Waals surface area contributed by atoms with Gasteiger partial charge >= 0.3 is 0 Å². The third kappa shape index (κ3) is 5.64. The number of unbranched alkanes of at least 4 members (excludes halogenated alkanes) is 1. The molecule has 0 saturated heterocycles. The van der Waals surface area contributed by atoms with Crippen molar-refractivity contribution in [3.63, 3.8) is 0 Å². The van der Waals surface area contributed by atoms with Crippen LogP contribution in [-0.4, -0.2) is 36.4 Å². The highest BCUT2D eigenvalue weighted by Gasteiger charge is 2.15. The number of fused-ring (bicyclic) bond motifs is 1. The fraction of sp³-hybridized carbons (Fsp3) is 0.269. The van der Waals surface area contributed by atoms with Crippen molar-refractivity contribution in [3.8, 4) is 5.75 Å². The number of methoxy groups -OCH3 is 1. The van der Waals surface area contributed by atoms with Crippen molar-refractivity contribution in [1.82, 2.24) is 4.98 Å². The fourth-order valence-electron chi connectivity index (χ4n) is 3.62. The minimum atomic E-state index is -0.545. The molecule has 1 N–H and O–H groups in total. The summed E-state index contributed by atoms with van der Waals surface area (Å²) in [6.45, 7) is 1.50. The number of aliphatic hydroxyl groups excluding tert-OH is 1. The first-order chi connectivity index (χ1) is 15.2. The van der Waals surface area contributed by atoms with Crippen LogP contribution in [-0.2, 0) is 6.42 Å². The van der Waals surface area contributed by atoms with Crippen LogP contribution in [0.1, 0.15) is 18.4 Å². The molecule has 1 aliphatic carbocycles. The van der Waals surface area contributed by atoms with Gasteiger partial charge in [-0.2, -0.15) is 4.98 Å². The number of aromatic nitrogens is 1. The standard InChI is InChI=1S/C26H28N2O3/c1-30-23-16-13-20(14-17-23)7-4-5-18-28(19-21-8-6-9-22(29)15-12-21)26-27-24-10-2-3-11-25(24)31-26/h2-3,6,8-17,22,29H,4-5,7,18-19H2,1H3. The van der Waals surface area contributed by atoms with E-state index in [1.807, 2.05) is 54.6 Å². The van der Waals surface area contributed by atoms with E-state index in [0.29, 0.717) is 12.6 Å². The maximum absolute atomic E-state index is 9.81. The van der Waals surface area contributed by atoms with Crippen LogP contribution >= 0.6 is 0 Å². The van der Waals surface area contributed by atoms with Gasteiger partial charge in [0.05, 0.1) is 13.2 Å². The number of aryl methyl sites for hydroxylation is 1. The predicted molar refractivity (Wildman–Crippen MR) is 125 cm³/mol. The number of ether oxygens (including phenoxy) is 1. The zero-order valence-corrected chi connectivity index (χ0v) is 17.8. The average Bonchev–Trinajstić information content (AvgIpc) is 3.13. The van der Waals surface area contributed by atoms with E-state index in [-0.39, 0.29) is 0 Å². The Kier molecular flexibility index (Phi) is 6.85. The number of oxazole rings is 1. The lowest BCUT2D eigenvalue weighted by molar-refractivity contribution is 0.272. The molecule has 5 heteroatoms. The van der Waals surface area contributed by atoms with Crippen LogP contribution in [0.4, 0.5) is 6.01 Å². The van der Waals surface area contributed by atoms with Crippen LogP contribution in [0, 0.1) is 0 Å². The molecular formula is C26H28N2O3. The van der Waals surface area contributed by atoms with Crippen molar-refractivity contribution < 1.29 is 14.3 Å². The Morgan fingerprint density at radius 3 is 2.71 bits per heavy atom. The van der Waals surface area contributed by atoms with Crippen LogP contribution in [0.15, 0.2) is 88.9 Å². The van der Waals surface area contributed by atoms with Gasteiger partial charge in [-0.1, -0.05) is 54.6 Å². The van der Waals surface area contributed by atoms with Gasteiger partial charge in [0.1, 0.15) is 11.3 Å². The number of aliphatic hydroxyl groups is 1. The molecule has 0 bridgehead atoms. The van der Waals surface area contributed by atoms with E-state index in [9.17, 15) is 5.11 Å². The minimum Gasteiger partial charge on any atom is -0.497 e. The van der Waals surface area contributed by atoms with Gasteiger partial charge < -0.3 is 19.2 Å². The highest BCUT2D eigenvalue weighted by molar-refractivity contribution is 5.74. The van der Waals surface area contributed by atoms with E-state index in [1.165, 1.54) is 5.56 Å². The van der Waals surface area contributed by atoms with Crippen LogP contribution in [0.3, 0.4) is 0 Å². The number of hydrogen-bond donors (Lipinski definition) is 1. The molecule has 0 aliphatic heterocycles. The molecule has 0 amide bonds. The molecular weight excluding hydrogens is 388 g/mol. The Labute approximate surface area is 183 Å². The number of allylic oxidation sites excluding steroid dienone is 2. The van der Waals surface area contributed by atoms with Crippen LogP contribution < -0.4 is 9.64 Å². The summed E-state index contributed by atoms with van der Waals surface area (Å²) >= 11 is 0. The summed E-state index contributed by atoms with van der Waals surface area (Å²) in [4.78, 5) is 6.88. The second-order valence-corrected chi connectivity index (χ2v) is 7.67. The van der Waals surface area contributed by atoms with Gasteiger partial charge in [-0.25, -0.2) is 0 Å². The van der Waals surface area contributed by atoms with Gasteiger partial charge in [0.15, 0.2) is 5.58 Å². The number of para-hydroxylation sites is 2. The first-order valence-electron chi connectivity index (χ1n) is 10.7. The second kappa shape index (κ2) is 10.1. The summed E-state index contributed by atoms with van der Waals surface area (Å²) in [7, 11) is 1.69. The molecule has 1 aliphatic rings. The summed E-state index contributed by atoms with van der Waals surface area (Å²) < 4.78 is 11.3. The van der Waals surface area contributed by atoms with E-state index in [1.54, 1.807) is 19.3 Å². The van der Waals surface area contributed by atoms with Gasteiger partial charge in [0, 0.05) is 13.1 Å². The van der Waals surface area contributed by atoms with Crippen molar-refractivity contribution in [2.75, 3.05) is 25.1 Å². The maximum Gasteiger partial charge on any atom is 0.298 e. The summed E-state index contributed by atoms with van der Waals surface area (Å²) in [5, 5.41) is 9.81. The molecule has 0 spiro atoms. The Hall–Kier alpha value is -3.31. The molecule has 5 nitrogen and oxygen atoms in total. The number of anilines is 1. The van der Waals surface area contributed by atoms with Crippen molar-refractivity contribution in [1.29, 1.82) is 0 Å². The van der Waals surface area contributed by atoms with Crippen LogP contribution in [0.25, 0.3) is 11.1 Å². The predicted octanol–water partition coefficient (Wildman–Crippen LogP) is 5.08. The van der Waals surface area contributed by atoms with Gasteiger partial charge in [0.2, 0.25) is 0 Å². The van der Waals surface area contributed by atoms with E-state index in [4.69, 9.17) is 14.1 Å². The smallest absolute Gasteiger partial charge is 0.298 e. The summed E-state index contributed by atoms with van der Waals surface area (Å²) in [5.41, 5.74) is 4.07. The molecule has 0 fully saturated rings. The quantitative estimate of drug-likeness (QED) is 0.493. The minimum absolute atomic E-state index is 0.545. The average molecular weight is 417 g/mol. The molecule has 160 valence electrons. The molecule has 1 heterocycles. The van der Waals surface area contributed by atoms with Gasteiger partial charge in [-0.15, -0.1) is 0 Å². The molecule has 1 aromatic heterocycles. The zero-order valence-electron chi connectivity index (χ0n) is 17.8. The first kappa shape index (κ1) is 20.9. The van der Waals surface area contributed by atoms with Gasteiger partial charge in [-0.3, -0.25) is 0 Å². The largest absolute Gasteiger partial charge is 0.497 e. The SMILES string of the molecule is COc1ccc(CCCCN(CC2=CC=CC(O)C=C2)c2nc3ccccc3o2)cc1. The molecule has 3 aromatic rings. The van der Waals surface area contributed by atoms with Crippen molar-refractivity contribution in [2.45, 2.75) is 25.4 Å². The Morgan fingerprint density at radius 2 is 1.90 bits per heavy atom. The monoisotopic (exact) mass is 416 g/mol. The third-order valence-electron chi connectivity index (χ3n) is 5.36. The highest BCUT2D eigenvalue weighted by atomic mass is 16.5. The lowest BCUT2D eigenvalue weighted by atomic mass is 10.1. The van der Waals surface area contributed by atoms with Crippen LogP contribution in [0.2, 0.25) is 0 Å². The van der Waals surface area contributed by atoms with Crippen molar-refractivity contribution in [3.05, 3.63) is 90.0 Å². The molecule has 1 atom stereocenters. The Morgan fingerprint density at radius 1 is 1.06 bits per heavy atom. The zero-order chi connectivity index (χ0) is 21.5. The third-order valence-corrected chi connectivity index (χ3v) is 5.36. The lowest BCUT2D eigenvalue weighted by Crippen LogP contribution is -2.27.